The molecule has 4 aliphatic rings. The van der Waals surface area contributed by atoms with E-state index in [1.807, 2.05) is 27.7 Å². The average Bonchev–Trinajstić information content (AvgIpc) is 4.20. The van der Waals surface area contributed by atoms with E-state index in [4.69, 9.17) is 18.8 Å². The van der Waals surface area contributed by atoms with Crippen LogP contribution in [0, 0.1) is 0 Å². The molecule has 0 aromatic heterocycles. The van der Waals surface area contributed by atoms with Crippen LogP contribution in [-0.2, 0) is 39.8 Å². The van der Waals surface area contributed by atoms with E-state index in [1.54, 1.807) is 0 Å². The van der Waals surface area contributed by atoms with Gasteiger partial charge in [0.05, 0.1) is 0 Å². The first-order valence-electron chi connectivity index (χ1n) is 22.6. The Bertz CT molecular complexity index is 1740. The summed E-state index contributed by atoms with van der Waals surface area (Å²) in [6.45, 7) is 14.4. The summed E-state index contributed by atoms with van der Waals surface area (Å²) in [5, 5.41) is 8.39. The van der Waals surface area contributed by atoms with Crippen LogP contribution in [-0.4, -0.2) is 89.7 Å². The normalized spacial score (nSPS) is 17.0. The minimum atomic E-state index is -0.446. The molecule has 4 aliphatic heterocycles. The zero-order chi connectivity index (χ0) is 45.3. The van der Waals surface area contributed by atoms with Gasteiger partial charge in [-0.3, -0.25) is 0 Å². The van der Waals surface area contributed by atoms with Gasteiger partial charge in [0.15, 0.2) is 0 Å². The Kier molecular flexibility index (Phi) is 25.3. The molecule has 4 fully saturated rings. The van der Waals surface area contributed by atoms with Gasteiger partial charge in [0.25, 0.3) is 0 Å². The van der Waals surface area contributed by atoms with Crippen molar-refractivity contribution >= 4 is 62.9 Å². The number of nitrogens with zero attached hydrogens (tertiary/aromatic N) is 2. The Morgan fingerprint density at radius 1 is 0.385 bits per heavy atom. The van der Waals surface area contributed by atoms with E-state index in [0.29, 0.717) is 0 Å². The van der Waals surface area contributed by atoms with Crippen molar-refractivity contribution in [2.45, 2.75) is 64.6 Å². The minimum Gasteiger partial charge on any atom is -0.620 e. The molecule has 6 aromatic rings. The average molecular weight is 1090 g/mol. The van der Waals surface area contributed by atoms with Gasteiger partial charge in [0.1, 0.15) is 0 Å². The Labute approximate surface area is 410 Å². The third-order valence-corrected chi connectivity index (χ3v) is 16.0. The molecule has 0 amide bonds. The molecule has 4 radical (unpaired) electrons. The molecule has 0 unspecified atom stereocenters. The first-order valence-corrected chi connectivity index (χ1v) is 25.3. The second-order valence-electron chi connectivity index (χ2n) is 16.8. The van der Waals surface area contributed by atoms with Crippen molar-refractivity contribution in [3.8, 4) is 0 Å². The third kappa shape index (κ3) is 19.1. The van der Waals surface area contributed by atoms with Crippen LogP contribution in [0.5, 0.6) is 0 Å². The van der Waals surface area contributed by atoms with Crippen LogP contribution in [0.1, 0.15) is 53.4 Å². The molecule has 11 heteroatoms. The maximum Gasteiger partial charge on any atom is 2.00 e. The van der Waals surface area contributed by atoms with Crippen molar-refractivity contribution in [2.24, 2.45) is 0 Å². The molecular formula is C54H68B2N2O4P2Pt. The molecule has 4 saturated heterocycles. The van der Waals surface area contributed by atoms with Crippen molar-refractivity contribution in [1.29, 1.82) is 0 Å². The van der Waals surface area contributed by atoms with Crippen LogP contribution in [0.3, 0.4) is 0 Å². The van der Waals surface area contributed by atoms with Crippen molar-refractivity contribution in [3.05, 3.63) is 182 Å². The number of ether oxygens (including phenoxy) is 2. The van der Waals surface area contributed by atoms with Crippen LogP contribution in [0.15, 0.2) is 182 Å². The summed E-state index contributed by atoms with van der Waals surface area (Å²) in [5.41, 5.74) is -0.375. The Morgan fingerprint density at radius 3 is 0.723 bits per heavy atom. The largest absolute Gasteiger partial charge is 2.00 e. The maximum absolute atomic E-state index is 5.21. The Morgan fingerprint density at radius 2 is 0.600 bits per heavy atom. The van der Waals surface area contributed by atoms with Gasteiger partial charge < -0.3 is 28.4 Å². The van der Waals surface area contributed by atoms with Gasteiger partial charge in [-0.1, -0.05) is 196 Å². The van der Waals surface area contributed by atoms with Gasteiger partial charge in [-0.05, 0) is 122 Å². The maximum atomic E-state index is 5.21. The molecule has 0 bridgehead atoms. The van der Waals surface area contributed by atoms with E-state index >= 15 is 0 Å². The molecule has 65 heavy (non-hydrogen) atoms. The predicted molar refractivity (Wildman–Crippen MR) is 277 cm³/mol. The summed E-state index contributed by atoms with van der Waals surface area (Å²) < 4.78 is 20.3. The standard InChI is InChI=1S/2C18H15P.C6H12BO2.C4H10BN2.2C4H8O.Pt/c2*1-4-10-16(11-5-1)19(17-12-6-2-7-13-17)18-14-8-3-9-15-18;1-5(2)6(3,4)9-7-8-5;1-6-3-4-7(2)5-6;2*1-2-4-5-3-1;/h2*1-15H;1-4H3;3-4H2,1-2H3;2*1-4H2;/q;;2*-1;;;+2. The molecule has 0 spiro atoms. The van der Waals surface area contributed by atoms with Crippen molar-refractivity contribution < 1.29 is 39.8 Å². The molecule has 6 nitrogen and oxygen atoms in total. The third-order valence-electron chi connectivity index (χ3n) is 11.1. The SMILES string of the molecule is C1CCOC1.C1CCOC1.CC1(C)O[B-]OC1(C)C.CN1[B-]N(C)CC1.[Pt+2].c1ccc(P(c2ccccc2)c2ccccc2)cc1.c1ccc(P(c2ccccc2)c2ccccc2)cc1. The van der Waals surface area contributed by atoms with Crippen LogP contribution < -0.4 is 31.8 Å². The fourth-order valence-corrected chi connectivity index (χ4v) is 11.3. The first kappa shape index (κ1) is 54.4. The summed E-state index contributed by atoms with van der Waals surface area (Å²) in [7, 11) is 6.81. The monoisotopic (exact) mass is 1090 g/mol. The summed E-state index contributed by atoms with van der Waals surface area (Å²) in [6.07, 6.45) is 5.11. The molecular weight excluding hydrogens is 1020 g/mol. The fourth-order valence-electron chi connectivity index (χ4n) is 6.69. The molecule has 0 saturated carbocycles. The molecule has 0 N–H and O–H groups in total. The summed E-state index contributed by atoms with van der Waals surface area (Å²) in [6, 6.07) is 64.7. The van der Waals surface area contributed by atoms with Crippen molar-refractivity contribution in [1.82, 2.24) is 9.62 Å². The molecule has 6 aromatic carbocycles. The van der Waals surface area contributed by atoms with Crippen molar-refractivity contribution in [2.75, 3.05) is 53.6 Å². The molecule has 344 valence electrons. The van der Waals surface area contributed by atoms with E-state index in [0.717, 1.165) is 26.4 Å². The van der Waals surface area contributed by atoms with E-state index in [9.17, 15) is 0 Å². The predicted octanol–water partition coefficient (Wildman–Crippen LogP) is 9.00. The summed E-state index contributed by atoms with van der Waals surface area (Å²) >= 11 is 0. The Hall–Kier alpha value is -3.24. The number of rotatable bonds is 6. The fraction of sp³-hybridized carbons (Fsp3) is 0.333. The number of hydrogen-bond donors (Lipinski definition) is 0. The van der Waals surface area contributed by atoms with E-state index < -0.39 is 15.8 Å². The van der Waals surface area contributed by atoms with E-state index in [-0.39, 0.29) is 32.3 Å². The second-order valence-corrected chi connectivity index (χ2v) is 21.2. The van der Waals surface area contributed by atoms with Crippen LogP contribution in [0.2, 0.25) is 0 Å². The number of hydrogen-bond acceptors (Lipinski definition) is 6. The summed E-state index contributed by atoms with van der Waals surface area (Å²) in [4.78, 5) is 4.36. The van der Waals surface area contributed by atoms with Gasteiger partial charge in [-0.2, -0.15) is 7.55 Å². The molecule has 0 atom stereocenters. The van der Waals surface area contributed by atoms with Gasteiger partial charge in [0.2, 0.25) is 0 Å². The number of likely N-dealkylation sites (N-methyl/N-ethyl adjacent to an activating group) is 2. The Balaban J connectivity index is 0.000000185. The zero-order valence-electron chi connectivity index (χ0n) is 39.3. The molecule has 4 heterocycles. The summed E-state index contributed by atoms with van der Waals surface area (Å²) in [5.74, 6) is 0. The molecule has 0 aliphatic carbocycles. The zero-order valence-corrected chi connectivity index (χ0v) is 43.3. The number of benzene rings is 6. The van der Waals surface area contributed by atoms with E-state index in [2.05, 4.69) is 213 Å². The van der Waals surface area contributed by atoms with Gasteiger partial charge >= 0.3 is 21.1 Å². The van der Waals surface area contributed by atoms with Gasteiger partial charge in [-0.15, -0.1) is 0 Å². The van der Waals surface area contributed by atoms with Crippen molar-refractivity contribution in [3.63, 3.8) is 0 Å². The van der Waals surface area contributed by atoms with E-state index in [1.165, 1.54) is 78.3 Å². The van der Waals surface area contributed by atoms with Crippen LogP contribution in [0.4, 0.5) is 0 Å². The minimum absolute atomic E-state index is 0. The van der Waals surface area contributed by atoms with Crippen LogP contribution >= 0.6 is 15.8 Å². The molecule has 10 rings (SSSR count). The quantitative estimate of drug-likeness (QED) is 0.123. The smallest absolute Gasteiger partial charge is 0.620 e. The van der Waals surface area contributed by atoms with Gasteiger partial charge in [-0.25, -0.2) is 0 Å². The first-order chi connectivity index (χ1) is 31.1. The second kappa shape index (κ2) is 30.2. The van der Waals surface area contributed by atoms with Crippen LogP contribution in [0.25, 0.3) is 0 Å². The topological polar surface area (TPSA) is 43.4 Å². The van der Waals surface area contributed by atoms with Gasteiger partial charge in [0, 0.05) is 37.6 Å².